The van der Waals surface area contributed by atoms with Gasteiger partial charge in [-0.15, -0.1) is 0 Å². The molecule has 3 heterocycles. The fourth-order valence-corrected chi connectivity index (χ4v) is 6.06. The number of fused-ring (bicyclic) bond motifs is 3. The second kappa shape index (κ2) is 10.9. The lowest BCUT2D eigenvalue weighted by molar-refractivity contribution is -0.580. The quantitative estimate of drug-likeness (QED) is 0.214. The largest absolute Gasteiger partial charge is 0.553 e. The predicted octanol–water partition coefficient (Wildman–Crippen LogP) is 6.47. The second-order valence-corrected chi connectivity index (χ2v) is 10.8. The minimum atomic E-state index is -0.364. The second-order valence-electron chi connectivity index (χ2n) is 10.4. The number of likely N-dealkylation sites (tertiary alicyclic amines) is 1. The highest BCUT2D eigenvalue weighted by atomic mass is 35.5. The van der Waals surface area contributed by atoms with Gasteiger partial charge < -0.3 is 24.5 Å². The molecule has 2 atom stereocenters. The third-order valence-corrected chi connectivity index (χ3v) is 8.18. The fraction of sp³-hybridized carbons (Fsp3) is 0.323. The Bertz CT molecular complexity index is 1500. The summed E-state index contributed by atoms with van der Waals surface area (Å²) in [7, 11) is 2.18. The van der Waals surface area contributed by atoms with E-state index in [0.29, 0.717) is 36.4 Å². The van der Waals surface area contributed by atoms with Crippen LogP contribution < -0.4 is 9.47 Å². The van der Waals surface area contributed by atoms with Gasteiger partial charge in [-0.25, -0.2) is 4.39 Å². The third-order valence-electron chi connectivity index (χ3n) is 7.94. The number of H-pyrrole nitrogens is 1. The maximum atomic E-state index is 13.4. The van der Waals surface area contributed by atoms with Crippen molar-refractivity contribution in [1.29, 1.82) is 0 Å². The molecule has 2 unspecified atom stereocenters. The lowest BCUT2D eigenvalue weighted by Crippen LogP contribution is -2.35. The fourth-order valence-electron chi connectivity index (χ4n) is 5.88. The highest BCUT2D eigenvalue weighted by Crippen LogP contribution is 2.38. The molecule has 2 N–H and O–H groups in total. The molecule has 0 aliphatic carbocycles. The molecule has 2 aliphatic rings. The van der Waals surface area contributed by atoms with Crippen LogP contribution in [0.25, 0.3) is 10.9 Å². The summed E-state index contributed by atoms with van der Waals surface area (Å²) in [6.45, 7) is 2.36. The molecule has 1 saturated heterocycles. The zero-order chi connectivity index (χ0) is 26.9. The van der Waals surface area contributed by atoms with E-state index in [2.05, 4.69) is 16.9 Å². The Morgan fingerprint density at radius 3 is 2.62 bits per heavy atom. The van der Waals surface area contributed by atoms with Gasteiger partial charge in [0.05, 0.1) is 12.3 Å². The third kappa shape index (κ3) is 5.34. The first kappa shape index (κ1) is 25.7. The molecular weight excluding hydrogens is 517 g/mol. The Morgan fingerprint density at radius 2 is 1.87 bits per heavy atom. The van der Waals surface area contributed by atoms with Crippen molar-refractivity contribution >= 4 is 28.6 Å². The number of rotatable bonds is 6. The predicted molar refractivity (Wildman–Crippen MR) is 151 cm³/mol. The van der Waals surface area contributed by atoms with Gasteiger partial charge in [-0.05, 0) is 105 Å². The molecule has 0 saturated carbocycles. The number of aliphatic hydroxyl groups is 1. The average Bonchev–Trinajstić information content (AvgIpc) is 3.52. The van der Waals surface area contributed by atoms with Crippen LogP contribution in [0, 0.1) is 5.82 Å². The Kier molecular flexibility index (Phi) is 7.19. The Morgan fingerprint density at radius 1 is 1.10 bits per heavy atom. The van der Waals surface area contributed by atoms with Crippen molar-refractivity contribution < 1.29 is 23.5 Å². The molecule has 39 heavy (non-hydrogen) atoms. The highest BCUT2D eigenvalue weighted by Gasteiger charge is 2.38. The van der Waals surface area contributed by atoms with Crippen molar-refractivity contribution in [2.24, 2.45) is 0 Å². The van der Waals surface area contributed by atoms with Crippen molar-refractivity contribution in [1.82, 2.24) is 9.88 Å². The number of hydrogen-bond acceptors (Lipinski definition) is 3. The van der Waals surface area contributed by atoms with Crippen LogP contribution in [-0.2, 0) is 6.42 Å². The molecule has 1 fully saturated rings. The topological polar surface area (TPSA) is 60.7 Å². The molecule has 4 aromatic rings. The van der Waals surface area contributed by atoms with Crippen molar-refractivity contribution in [2.45, 2.75) is 37.8 Å². The maximum Gasteiger partial charge on any atom is 0.553 e. The van der Waals surface area contributed by atoms with E-state index in [0.717, 1.165) is 40.9 Å². The van der Waals surface area contributed by atoms with Crippen LogP contribution in [0.15, 0.2) is 66.7 Å². The number of benzene rings is 3. The standard InChI is InChI=1S/C31H31ClFN3O3/c1-35-16-2-3-23(35)15-18-38-24-9-4-20(5-10-24)30-29-26(27-19-21(32)6-13-28(27)34-29)14-17-36(30)31(37)39-25-11-7-22(33)8-12-25/h4-13,19,23,30,34H,2-3,14-18H2,1H3/p+1. The van der Waals surface area contributed by atoms with Crippen molar-refractivity contribution in [3.8, 4) is 11.5 Å². The summed E-state index contributed by atoms with van der Waals surface area (Å²) in [6, 6.07) is 19.7. The highest BCUT2D eigenvalue weighted by molar-refractivity contribution is 6.31. The van der Waals surface area contributed by atoms with Gasteiger partial charge in [0.25, 0.3) is 0 Å². The summed E-state index contributed by atoms with van der Waals surface area (Å²) < 4.78 is 27.1. The monoisotopic (exact) mass is 548 g/mol. The van der Waals surface area contributed by atoms with Crippen LogP contribution in [0.1, 0.15) is 42.1 Å². The van der Waals surface area contributed by atoms with Crippen LogP contribution in [-0.4, -0.2) is 58.4 Å². The van der Waals surface area contributed by atoms with Gasteiger partial charge in [0, 0.05) is 34.0 Å². The summed E-state index contributed by atoms with van der Waals surface area (Å²) in [4.78, 5) is 5.98. The molecule has 202 valence electrons. The van der Waals surface area contributed by atoms with E-state index in [1.165, 1.54) is 42.7 Å². The van der Waals surface area contributed by atoms with Gasteiger partial charge in [0.15, 0.2) is 6.54 Å². The summed E-state index contributed by atoms with van der Waals surface area (Å²) in [5.41, 5.74) is 4.12. The number of nitrogens with zero attached hydrogens (tertiary/aromatic N) is 2. The normalized spacial score (nSPS) is 20.7. The van der Waals surface area contributed by atoms with Crippen LogP contribution in [0.5, 0.6) is 11.5 Å². The minimum Gasteiger partial charge on any atom is -0.494 e. The number of aromatic amines is 1. The smallest absolute Gasteiger partial charge is 0.494 e. The number of ether oxygens (including phenoxy) is 2. The molecule has 1 aromatic heterocycles. The molecule has 6 nitrogen and oxygen atoms in total. The van der Waals surface area contributed by atoms with E-state index < -0.39 is 0 Å². The van der Waals surface area contributed by atoms with E-state index in [1.54, 1.807) is 0 Å². The molecule has 0 bridgehead atoms. The number of hydrogen-bond donors (Lipinski definition) is 2. The van der Waals surface area contributed by atoms with Gasteiger partial charge in [0.1, 0.15) is 17.3 Å². The van der Waals surface area contributed by atoms with Gasteiger partial charge in [-0.1, -0.05) is 11.6 Å². The Labute approximate surface area is 232 Å². The van der Waals surface area contributed by atoms with Crippen LogP contribution in [0.4, 0.5) is 4.39 Å². The molecular formula is C31H32ClFN3O3+. The van der Waals surface area contributed by atoms with Crippen LogP contribution in [0.2, 0.25) is 5.02 Å². The molecule has 0 amide bonds. The maximum absolute atomic E-state index is 13.4. The first-order valence-electron chi connectivity index (χ1n) is 13.5. The number of halogens is 2. The zero-order valence-corrected chi connectivity index (χ0v) is 22.6. The van der Waals surface area contributed by atoms with E-state index in [-0.39, 0.29) is 17.9 Å². The zero-order valence-electron chi connectivity index (χ0n) is 21.9. The van der Waals surface area contributed by atoms with E-state index in [4.69, 9.17) is 21.1 Å². The summed E-state index contributed by atoms with van der Waals surface area (Å²) in [5.74, 6) is 0.816. The van der Waals surface area contributed by atoms with Crippen LogP contribution >= 0.6 is 11.6 Å². The van der Waals surface area contributed by atoms with Crippen LogP contribution in [0.3, 0.4) is 0 Å². The van der Waals surface area contributed by atoms with Gasteiger partial charge in [-0.2, -0.15) is 4.58 Å². The summed E-state index contributed by atoms with van der Waals surface area (Å²) >= 11 is 6.33. The lowest BCUT2D eigenvalue weighted by Gasteiger charge is -2.22. The van der Waals surface area contributed by atoms with Crippen molar-refractivity contribution in [3.05, 3.63) is 94.4 Å². The van der Waals surface area contributed by atoms with Gasteiger partial charge in [0.2, 0.25) is 6.04 Å². The molecule has 0 spiro atoms. The number of nitrogens with one attached hydrogen (secondary N) is 1. The number of aliphatic hydroxyl groups excluding tert-OH is 1. The van der Waals surface area contributed by atoms with E-state index in [9.17, 15) is 9.50 Å². The van der Waals surface area contributed by atoms with E-state index in [1.807, 2.05) is 47.0 Å². The lowest BCUT2D eigenvalue weighted by atomic mass is 9.93. The summed E-state index contributed by atoms with van der Waals surface area (Å²) in [5, 5.41) is 12.9. The molecule has 3 aromatic carbocycles. The van der Waals surface area contributed by atoms with E-state index >= 15 is 0 Å². The summed E-state index contributed by atoms with van der Waals surface area (Å²) in [6.07, 6.45) is 3.95. The SMILES string of the molecule is CN1CCCC1CCOc1ccc(C2c3[nH]c4ccc(Cl)cc4c3CC[N+]2=C(O)Oc2ccc(F)cc2)cc1. The molecule has 0 radical (unpaired) electrons. The average molecular weight is 549 g/mol. The van der Waals surface area contributed by atoms with Crippen molar-refractivity contribution in [3.63, 3.8) is 0 Å². The molecule has 6 rings (SSSR count). The number of aromatic nitrogens is 1. The Hall–Kier alpha value is -3.55. The minimum absolute atomic E-state index is 0.241. The first-order chi connectivity index (χ1) is 19.0. The molecule has 8 heteroatoms. The van der Waals surface area contributed by atoms with Gasteiger partial charge in [-0.3, -0.25) is 0 Å². The van der Waals surface area contributed by atoms with Crippen molar-refractivity contribution in [2.75, 3.05) is 26.7 Å². The molecule has 2 aliphatic heterocycles. The van der Waals surface area contributed by atoms with Gasteiger partial charge >= 0.3 is 6.08 Å². The first-order valence-corrected chi connectivity index (χ1v) is 13.8. The Balaban J connectivity index is 1.31.